The first-order valence-corrected chi connectivity index (χ1v) is 9.00. The SMILES string of the molecule is O=C(Nc1ccccc1)c1ccc(Nc2ccc(-c3ccc(F)cc3)nn2)cc1. The molecule has 0 bridgehead atoms. The number of para-hydroxylation sites is 1. The van der Waals surface area contributed by atoms with E-state index in [1.807, 2.05) is 36.4 Å². The van der Waals surface area contributed by atoms with Gasteiger partial charge in [-0.3, -0.25) is 4.79 Å². The molecule has 0 spiro atoms. The Bertz CT molecular complexity index is 1100. The van der Waals surface area contributed by atoms with Gasteiger partial charge in [0.05, 0.1) is 5.69 Å². The fourth-order valence-electron chi connectivity index (χ4n) is 2.75. The highest BCUT2D eigenvalue weighted by Crippen LogP contribution is 2.20. The average molecular weight is 384 g/mol. The standard InChI is InChI=1S/C23H17FN4O/c24-18-10-6-16(7-11-18)21-14-15-22(28-27-21)25-20-12-8-17(9-13-20)23(29)26-19-4-2-1-3-5-19/h1-15H,(H,25,28)(H,26,29). The average Bonchev–Trinajstić information content (AvgIpc) is 2.76. The molecule has 6 heteroatoms. The van der Waals surface area contributed by atoms with E-state index in [-0.39, 0.29) is 11.7 Å². The summed E-state index contributed by atoms with van der Waals surface area (Å²) in [7, 11) is 0. The van der Waals surface area contributed by atoms with Gasteiger partial charge in [-0.15, -0.1) is 10.2 Å². The summed E-state index contributed by atoms with van der Waals surface area (Å²) in [5.41, 5.74) is 3.53. The van der Waals surface area contributed by atoms with Gasteiger partial charge in [-0.05, 0) is 72.8 Å². The molecule has 29 heavy (non-hydrogen) atoms. The summed E-state index contributed by atoms with van der Waals surface area (Å²) < 4.78 is 13.0. The molecule has 0 saturated carbocycles. The third kappa shape index (κ3) is 4.62. The first-order chi connectivity index (χ1) is 14.2. The molecule has 5 nitrogen and oxygen atoms in total. The van der Waals surface area contributed by atoms with Crippen LogP contribution in [-0.2, 0) is 0 Å². The minimum Gasteiger partial charge on any atom is -0.339 e. The number of aromatic nitrogens is 2. The normalized spacial score (nSPS) is 10.4. The van der Waals surface area contributed by atoms with E-state index >= 15 is 0 Å². The zero-order chi connectivity index (χ0) is 20.1. The molecule has 0 saturated heterocycles. The molecule has 0 aliphatic heterocycles. The van der Waals surface area contributed by atoms with Crippen LogP contribution < -0.4 is 10.6 Å². The lowest BCUT2D eigenvalue weighted by Crippen LogP contribution is -2.11. The van der Waals surface area contributed by atoms with E-state index in [1.54, 1.807) is 42.5 Å². The summed E-state index contributed by atoms with van der Waals surface area (Å²) >= 11 is 0. The van der Waals surface area contributed by atoms with Crippen LogP contribution in [0.4, 0.5) is 21.6 Å². The fraction of sp³-hybridized carbons (Fsp3) is 0. The van der Waals surface area contributed by atoms with Crippen molar-refractivity contribution in [2.75, 3.05) is 10.6 Å². The second-order valence-electron chi connectivity index (χ2n) is 6.33. The number of hydrogen-bond donors (Lipinski definition) is 2. The summed E-state index contributed by atoms with van der Waals surface area (Å²) in [5, 5.41) is 14.3. The highest BCUT2D eigenvalue weighted by atomic mass is 19.1. The van der Waals surface area contributed by atoms with Gasteiger partial charge in [0.1, 0.15) is 5.82 Å². The van der Waals surface area contributed by atoms with Gasteiger partial charge >= 0.3 is 0 Å². The molecule has 1 aromatic heterocycles. The molecular formula is C23H17FN4O. The Morgan fingerprint density at radius 2 is 1.45 bits per heavy atom. The number of nitrogens with zero attached hydrogens (tertiary/aromatic N) is 2. The van der Waals surface area contributed by atoms with Gasteiger partial charge in [0.25, 0.3) is 5.91 Å². The third-order valence-corrected chi connectivity index (χ3v) is 4.26. The predicted octanol–water partition coefficient (Wildman–Crippen LogP) is 5.28. The molecule has 1 heterocycles. The predicted molar refractivity (Wildman–Crippen MR) is 112 cm³/mol. The first-order valence-electron chi connectivity index (χ1n) is 9.00. The summed E-state index contributed by atoms with van der Waals surface area (Å²) in [4.78, 5) is 12.3. The van der Waals surface area contributed by atoms with E-state index in [1.165, 1.54) is 12.1 Å². The Morgan fingerprint density at radius 3 is 2.10 bits per heavy atom. The van der Waals surface area contributed by atoms with Crippen LogP contribution in [0.25, 0.3) is 11.3 Å². The lowest BCUT2D eigenvalue weighted by atomic mass is 10.1. The quantitative estimate of drug-likeness (QED) is 0.491. The van der Waals surface area contributed by atoms with Gasteiger partial charge in [0.2, 0.25) is 0 Å². The number of amides is 1. The van der Waals surface area contributed by atoms with Crippen molar-refractivity contribution in [3.8, 4) is 11.3 Å². The summed E-state index contributed by atoms with van der Waals surface area (Å²) in [5.74, 6) is 0.101. The molecule has 2 N–H and O–H groups in total. The number of benzene rings is 3. The molecular weight excluding hydrogens is 367 g/mol. The molecule has 0 unspecified atom stereocenters. The topological polar surface area (TPSA) is 66.9 Å². The Hall–Kier alpha value is -4.06. The fourth-order valence-corrected chi connectivity index (χ4v) is 2.75. The lowest BCUT2D eigenvalue weighted by molar-refractivity contribution is 0.102. The molecule has 142 valence electrons. The number of halogens is 1. The van der Waals surface area contributed by atoms with Crippen molar-refractivity contribution >= 4 is 23.1 Å². The van der Waals surface area contributed by atoms with Crippen molar-refractivity contribution < 1.29 is 9.18 Å². The van der Waals surface area contributed by atoms with E-state index < -0.39 is 0 Å². The minimum absolute atomic E-state index is 0.175. The van der Waals surface area contributed by atoms with Crippen LogP contribution in [0.2, 0.25) is 0 Å². The number of carbonyl (C=O) groups excluding carboxylic acids is 1. The van der Waals surface area contributed by atoms with E-state index in [0.29, 0.717) is 17.1 Å². The van der Waals surface area contributed by atoms with Crippen molar-refractivity contribution in [3.63, 3.8) is 0 Å². The smallest absolute Gasteiger partial charge is 0.255 e. The molecule has 3 aromatic carbocycles. The second kappa shape index (κ2) is 8.31. The minimum atomic E-state index is -0.291. The van der Waals surface area contributed by atoms with Gasteiger partial charge in [-0.25, -0.2) is 4.39 Å². The van der Waals surface area contributed by atoms with Crippen LogP contribution in [0, 0.1) is 5.82 Å². The van der Waals surface area contributed by atoms with Gasteiger partial charge in [0, 0.05) is 22.5 Å². The molecule has 0 atom stereocenters. The Kier molecular flexibility index (Phi) is 5.25. The van der Waals surface area contributed by atoms with Gasteiger partial charge in [-0.1, -0.05) is 18.2 Å². The maximum atomic E-state index is 13.0. The van der Waals surface area contributed by atoms with Crippen LogP contribution in [-0.4, -0.2) is 16.1 Å². The van der Waals surface area contributed by atoms with Crippen LogP contribution >= 0.6 is 0 Å². The third-order valence-electron chi connectivity index (χ3n) is 4.26. The van der Waals surface area contributed by atoms with Gasteiger partial charge < -0.3 is 10.6 Å². The van der Waals surface area contributed by atoms with Crippen molar-refractivity contribution in [3.05, 3.63) is 102 Å². The van der Waals surface area contributed by atoms with Crippen molar-refractivity contribution in [1.82, 2.24) is 10.2 Å². The molecule has 4 rings (SSSR count). The van der Waals surface area contributed by atoms with Crippen LogP contribution in [0.1, 0.15) is 10.4 Å². The van der Waals surface area contributed by atoms with E-state index in [4.69, 9.17) is 0 Å². The lowest BCUT2D eigenvalue weighted by Gasteiger charge is -2.08. The van der Waals surface area contributed by atoms with Gasteiger partial charge in [-0.2, -0.15) is 0 Å². The second-order valence-corrected chi connectivity index (χ2v) is 6.33. The Labute approximate surface area is 167 Å². The molecule has 0 fully saturated rings. The molecule has 0 aliphatic carbocycles. The number of carbonyl (C=O) groups is 1. The number of rotatable bonds is 5. The van der Waals surface area contributed by atoms with Crippen LogP contribution in [0.5, 0.6) is 0 Å². The Morgan fingerprint density at radius 1 is 0.724 bits per heavy atom. The largest absolute Gasteiger partial charge is 0.339 e. The molecule has 1 amide bonds. The van der Waals surface area contributed by atoms with Crippen molar-refractivity contribution in [1.29, 1.82) is 0 Å². The summed E-state index contributed by atoms with van der Waals surface area (Å²) in [6.07, 6.45) is 0. The van der Waals surface area contributed by atoms with Crippen molar-refractivity contribution in [2.45, 2.75) is 0 Å². The number of hydrogen-bond acceptors (Lipinski definition) is 4. The zero-order valence-electron chi connectivity index (χ0n) is 15.3. The number of nitrogens with one attached hydrogen (secondary N) is 2. The number of anilines is 3. The zero-order valence-corrected chi connectivity index (χ0v) is 15.3. The molecule has 0 radical (unpaired) electrons. The first kappa shape index (κ1) is 18.3. The highest BCUT2D eigenvalue weighted by molar-refractivity contribution is 6.04. The van der Waals surface area contributed by atoms with Crippen LogP contribution in [0.15, 0.2) is 91.0 Å². The van der Waals surface area contributed by atoms with Crippen LogP contribution in [0.3, 0.4) is 0 Å². The van der Waals surface area contributed by atoms with E-state index in [9.17, 15) is 9.18 Å². The highest BCUT2D eigenvalue weighted by Gasteiger charge is 2.07. The van der Waals surface area contributed by atoms with Crippen molar-refractivity contribution in [2.24, 2.45) is 0 Å². The Balaban J connectivity index is 1.40. The summed E-state index contributed by atoms with van der Waals surface area (Å²) in [6, 6.07) is 26.1. The monoisotopic (exact) mass is 384 g/mol. The van der Waals surface area contributed by atoms with E-state index in [0.717, 1.165) is 16.9 Å². The maximum absolute atomic E-state index is 13.0. The van der Waals surface area contributed by atoms with Gasteiger partial charge in [0.15, 0.2) is 5.82 Å². The molecule has 4 aromatic rings. The summed E-state index contributed by atoms with van der Waals surface area (Å²) in [6.45, 7) is 0. The van der Waals surface area contributed by atoms with E-state index in [2.05, 4.69) is 20.8 Å². The maximum Gasteiger partial charge on any atom is 0.255 e. The molecule has 0 aliphatic rings.